The van der Waals surface area contributed by atoms with E-state index >= 15 is 0 Å². The summed E-state index contributed by atoms with van der Waals surface area (Å²) >= 11 is 0. The Morgan fingerprint density at radius 2 is 2.54 bits per heavy atom. The van der Waals surface area contributed by atoms with E-state index in [9.17, 15) is 4.79 Å². The van der Waals surface area contributed by atoms with E-state index in [1.54, 1.807) is 31.0 Å². The van der Waals surface area contributed by atoms with Crippen LogP contribution in [0.5, 0.6) is 0 Å². The van der Waals surface area contributed by atoms with Gasteiger partial charge in [-0.15, -0.1) is 0 Å². The summed E-state index contributed by atoms with van der Waals surface area (Å²) in [6, 6.07) is -0.408. The van der Waals surface area contributed by atoms with Gasteiger partial charge < -0.3 is 5.32 Å². The highest BCUT2D eigenvalue weighted by Crippen LogP contribution is 2.02. The first kappa shape index (κ1) is 9.53. The number of rotatable bonds is 3. The maximum atomic E-state index is 11.0. The minimum atomic E-state index is -0.408. The van der Waals surface area contributed by atoms with Crippen molar-refractivity contribution in [2.24, 2.45) is 7.05 Å². The SMILES string of the molecule is CCONC(=O)Nc1cnn(C)c1. The number of hydrogen-bond donors (Lipinski definition) is 2. The number of nitrogens with one attached hydrogen (secondary N) is 2. The number of carbonyl (C=O) groups is 1. The minimum Gasteiger partial charge on any atom is -0.303 e. The summed E-state index contributed by atoms with van der Waals surface area (Å²) in [4.78, 5) is 15.7. The molecule has 72 valence electrons. The average molecular weight is 184 g/mol. The van der Waals surface area contributed by atoms with Crippen LogP contribution in [0.15, 0.2) is 12.4 Å². The van der Waals surface area contributed by atoms with Crippen molar-refractivity contribution < 1.29 is 9.63 Å². The lowest BCUT2D eigenvalue weighted by atomic mass is 10.6. The Bertz CT molecular complexity index is 284. The molecule has 0 fully saturated rings. The van der Waals surface area contributed by atoms with Crippen molar-refractivity contribution in [1.82, 2.24) is 15.3 Å². The quantitative estimate of drug-likeness (QED) is 0.672. The van der Waals surface area contributed by atoms with Gasteiger partial charge in [-0.05, 0) is 6.92 Å². The molecule has 0 atom stereocenters. The second-order valence-electron chi connectivity index (χ2n) is 2.39. The van der Waals surface area contributed by atoms with Crippen LogP contribution in [0.2, 0.25) is 0 Å². The normalized spacial score (nSPS) is 9.69. The molecule has 1 heterocycles. The molecule has 0 saturated carbocycles. The van der Waals surface area contributed by atoms with E-state index in [4.69, 9.17) is 0 Å². The van der Waals surface area contributed by atoms with Crippen LogP contribution in [0.25, 0.3) is 0 Å². The van der Waals surface area contributed by atoms with E-state index in [0.29, 0.717) is 12.3 Å². The van der Waals surface area contributed by atoms with Gasteiger partial charge in [-0.3, -0.25) is 9.52 Å². The van der Waals surface area contributed by atoms with Crippen LogP contribution in [-0.4, -0.2) is 22.4 Å². The molecular formula is C7H12N4O2. The van der Waals surface area contributed by atoms with Gasteiger partial charge in [0.2, 0.25) is 0 Å². The highest BCUT2D eigenvalue weighted by Gasteiger charge is 2.01. The van der Waals surface area contributed by atoms with E-state index in [2.05, 4.69) is 20.7 Å². The van der Waals surface area contributed by atoms with Crippen LogP contribution >= 0.6 is 0 Å². The number of aryl methyl sites for hydroxylation is 1. The van der Waals surface area contributed by atoms with Crippen molar-refractivity contribution in [3.05, 3.63) is 12.4 Å². The fourth-order valence-corrected chi connectivity index (χ4v) is 0.780. The highest BCUT2D eigenvalue weighted by atomic mass is 16.7. The summed E-state index contributed by atoms with van der Waals surface area (Å²) in [7, 11) is 1.77. The molecule has 0 aromatic carbocycles. The summed E-state index contributed by atoms with van der Waals surface area (Å²) in [5.74, 6) is 0. The van der Waals surface area contributed by atoms with Crippen LogP contribution in [0, 0.1) is 0 Å². The van der Waals surface area contributed by atoms with Gasteiger partial charge >= 0.3 is 6.03 Å². The first-order valence-corrected chi connectivity index (χ1v) is 3.89. The molecule has 0 unspecified atom stereocenters. The van der Waals surface area contributed by atoms with Crippen LogP contribution in [0.4, 0.5) is 10.5 Å². The Labute approximate surface area is 75.8 Å². The average Bonchev–Trinajstić information content (AvgIpc) is 2.48. The van der Waals surface area contributed by atoms with E-state index in [1.807, 2.05) is 0 Å². The lowest BCUT2D eigenvalue weighted by Gasteiger charge is -2.03. The molecular weight excluding hydrogens is 172 g/mol. The smallest absolute Gasteiger partial charge is 0.303 e. The predicted molar refractivity (Wildman–Crippen MR) is 47.0 cm³/mol. The molecule has 1 rings (SSSR count). The largest absolute Gasteiger partial charge is 0.343 e. The molecule has 2 amide bonds. The number of amides is 2. The van der Waals surface area contributed by atoms with Gasteiger partial charge in [-0.25, -0.2) is 10.3 Å². The predicted octanol–water partition coefficient (Wildman–Crippen LogP) is 0.493. The molecule has 13 heavy (non-hydrogen) atoms. The third-order valence-corrected chi connectivity index (χ3v) is 1.27. The fourth-order valence-electron chi connectivity index (χ4n) is 0.780. The number of hydroxylamine groups is 1. The van der Waals surface area contributed by atoms with Crippen LogP contribution < -0.4 is 10.8 Å². The van der Waals surface area contributed by atoms with Crippen molar-refractivity contribution in [2.45, 2.75) is 6.92 Å². The molecule has 2 N–H and O–H groups in total. The third kappa shape index (κ3) is 3.12. The number of carbonyl (C=O) groups excluding carboxylic acids is 1. The number of urea groups is 1. The van der Waals surface area contributed by atoms with Gasteiger partial charge in [0.15, 0.2) is 0 Å². The van der Waals surface area contributed by atoms with Gasteiger partial charge in [-0.2, -0.15) is 5.10 Å². The molecule has 6 nitrogen and oxygen atoms in total. The zero-order valence-electron chi connectivity index (χ0n) is 7.57. The first-order valence-electron chi connectivity index (χ1n) is 3.89. The lowest BCUT2D eigenvalue weighted by molar-refractivity contribution is 0.0758. The summed E-state index contributed by atoms with van der Waals surface area (Å²) < 4.78 is 1.59. The van der Waals surface area contributed by atoms with Crippen molar-refractivity contribution in [1.29, 1.82) is 0 Å². The third-order valence-electron chi connectivity index (χ3n) is 1.27. The van der Waals surface area contributed by atoms with Crippen LogP contribution in [0.3, 0.4) is 0 Å². The molecule has 0 aliphatic rings. The standard InChI is InChI=1S/C7H12N4O2/c1-3-13-10-7(12)9-6-4-8-11(2)5-6/h4-5H,3H2,1-2H3,(H2,9,10,12). The highest BCUT2D eigenvalue weighted by molar-refractivity contribution is 5.88. The van der Waals surface area contributed by atoms with E-state index in [1.165, 1.54) is 0 Å². The fraction of sp³-hybridized carbons (Fsp3) is 0.429. The Hall–Kier alpha value is -1.56. The maximum absolute atomic E-state index is 11.0. The molecule has 1 aromatic rings. The molecule has 0 aliphatic carbocycles. The Kier molecular flexibility index (Phi) is 3.27. The Morgan fingerprint density at radius 1 is 1.77 bits per heavy atom. The summed E-state index contributed by atoms with van der Waals surface area (Å²) in [6.45, 7) is 2.21. The molecule has 6 heteroatoms. The van der Waals surface area contributed by atoms with Crippen molar-refractivity contribution in [3.8, 4) is 0 Å². The molecule has 0 radical (unpaired) electrons. The van der Waals surface area contributed by atoms with E-state index in [-0.39, 0.29) is 0 Å². The lowest BCUT2D eigenvalue weighted by Crippen LogP contribution is -2.28. The molecule has 0 saturated heterocycles. The summed E-state index contributed by atoms with van der Waals surface area (Å²) in [5, 5.41) is 6.42. The van der Waals surface area contributed by atoms with Crippen molar-refractivity contribution in [2.75, 3.05) is 11.9 Å². The monoisotopic (exact) mass is 184 g/mol. The minimum absolute atomic E-state index is 0.408. The molecule has 0 bridgehead atoms. The first-order chi connectivity index (χ1) is 6.22. The topological polar surface area (TPSA) is 68.2 Å². The number of nitrogens with zero attached hydrogens (tertiary/aromatic N) is 2. The van der Waals surface area contributed by atoms with Gasteiger partial charge in [-0.1, -0.05) is 0 Å². The Morgan fingerprint density at radius 3 is 3.08 bits per heavy atom. The van der Waals surface area contributed by atoms with E-state index in [0.717, 1.165) is 0 Å². The van der Waals surface area contributed by atoms with Crippen molar-refractivity contribution >= 4 is 11.7 Å². The summed E-state index contributed by atoms with van der Waals surface area (Å²) in [6.07, 6.45) is 3.23. The second kappa shape index (κ2) is 4.46. The zero-order valence-corrected chi connectivity index (χ0v) is 7.57. The van der Waals surface area contributed by atoms with Gasteiger partial charge in [0.1, 0.15) is 0 Å². The maximum Gasteiger partial charge on any atom is 0.343 e. The van der Waals surface area contributed by atoms with Gasteiger partial charge in [0.05, 0.1) is 18.5 Å². The second-order valence-corrected chi connectivity index (χ2v) is 2.39. The number of hydrogen-bond acceptors (Lipinski definition) is 3. The van der Waals surface area contributed by atoms with Crippen molar-refractivity contribution in [3.63, 3.8) is 0 Å². The zero-order chi connectivity index (χ0) is 9.68. The van der Waals surface area contributed by atoms with E-state index < -0.39 is 6.03 Å². The molecule has 1 aromatic heterocycles. The number of aromatic nitrogens is 2. The van der Waals surface area contributed by atoms with Crippen LogP contribution in [0.1, 0.15) is 6.92 Å². The molecule has 0 aliphatic heterocycles. The summed E-state index contributed by atoms with van der Waals surface area (Å²) in [5.41, 5.74) is 2.83. The van der Waals surface area contributed by atoms with Gasteiger partial charge in [0, 0.05) is 13.2 Å². The van der Waals surface area contributed by atoms with Crippen LogP contribution in [-0.2, 0) is 11.9 Å². The van der Waals surface area contributed by atoms with Gasteiger partial charge in [0.25, 0.3) is 0 Å². The number of anilines is 1. The Balaban J connectivity index is 2.36. The molecule has 0 spiro atoms.